The van der Waals surface area contributed by atoms with Crippen LogP contribution >= 0.6 is 0 Å². The Morgan fingerprint density at radius 2 is 1.75 bits per heavy atom. The van der Waals surface area contributed by atoms with Crippen LogP contribution in [0.15, 0.2) is 0 Å². The standard InChI is InChI=1S/C2H6S.CH4O3S/c1-3-2;1-4-5(2)3/h1-2H3;1H3,(H,2,3). The molecule has 0 rings (SSSR count). The Hall–Kier alpha value is 0.420. The van der Waals surface area contributed by atoms with Gasteiger partial charge in [0.05, 0.1) is 31.0 Å². The lowest BCUT2D eigenvalue weighted by molar-refractivity contribution is 0.368. The first-order chi connectivity index (χ1) is 3.68. The van der Waals surface area contributed by atoms with Crippen molar-refractivity contribution in [3.05, 3.63) is 0 Å². The van der Waals surface area contributed by atoms with Gasteiger partial charge in [-0.1, -0.05) is 0 Å². The van der Waals surface area contributed by atoms with E-state index in [9.17, 15) is 0 Å². The molecule has 0 aromatic rings. The van der Waals surface area contributed by atoms with Crippen LogP contribution in [0.3, 0.4) is 0 Å². The lowest BCUT2D eigenvalue weighted by Crippen LogP contribution is -1.85. The van der Waals surface area contributed by atoms with Crippen molar-refractivity contribution in [2.45, 2.75) is 0 Å². The Morgan fingerprint density at radius 1 is 1.62 bits per heavy atom. The maximum Gasteiger partial charge on any atom is 0.0949 e. The molecule has 0 saturated carbocycles. The molecule has 3 nitrogen and oxygen atoms in total. The third-order valence-electron chi connectivity index (χ3n) is 0.136. The summed E-state index contributed by atoms with van der Waals surface area (Å²) in [4.78, 5) is 0. The molecule has 0 aliphatic carbocycles. The van der Waals surface area contributed by atoms with E-state index in [1.165, 1.54) is 11.8 Å². The second-order valence-corrected chi connectivity index (χ2v) is 2.45. The number of hydrogen-bond donors (Lipinski definition) is 0. The molecule has 0 saturated heterocycles. The lowest BCUT2D eigenvalue weighted by atomic mass is 11.8. The molecule has 0 aromatic carbocycles. The van der Waals surface area contributed by atoms with Gasteiger partial charge in [-0.3, -0.25) is 0 Å². The maximum atomic E-state index is 9.15. The maximum absolute atomic E-state index is 9.15. The zero-order valence-electron chi connectivity index (χ0n) is 5.08. The van der Waals surface area contributed by atoms with E-state index < -0.39 is 11.4 Å². The Kier molecular flexibility index (Phi) is 14.6. The van der Waals surface area contributed by atoms with E-state index in [2.05, 4.69) is 16.7 Å². The van der Waals surface area contributed by atoms with Crippen LogP contribution in [-0.2, 0) is 27.3 Å². The Labute approximate surface area is 56.3 Å². The van der Waals surface area contributed by atoms with Crippen molar-refractivity contribution in [2.24, 2.45) is 0 Å². The molecular weight excluding hydrogens is 148 g/mol. The summed E-state index contributed by atoms with van der Waals surface area (Å²) < 4.78 is 22.0. The zero-order valence-corrected chi connectivity index (χ0v) is 6.79. The fourth-order valence-corrected chi connectivity index (χ4v) is 0. The van der Waals surface area contributed by atoms with Crippen LogP contribution in [0.2, 0.25) is 0 Å². The van der Waals surface area contributed by atoms with Gasteiger partial charge in [-0.25, -0.2) is 4.21 Å². The molecule has 0 bridgehead atoms. The highest BCUT2D eigenvalue weighted by Crippen LogP contribution is 1.63. The van der Waals surface area contributed by atoms with Gasteiger partial charge in [-0.15, -0.1) is 0 Å². The molecule has 0 aliphatic heterocycles. The van der Waals surface area contributed by atoms with Gasteiger partial charge in [0.15, 0.2) is 0 Å². The summed E-state index contributed by atoms with van der Waals surface area (Å²) in [5.41, 5.74) is 0. The predicted molar refractivity (Wildman–Crippen MR) is 36.5 cm³/mol. The molecule has 0 radical (unpaired) electrons. The van der Waals surface area contributed by atoms with Crippen molar-refractivity contribution in [1.82, 2.24) is 0 Å². The van der Waals surface area contributed by atoms with E-state index in [0.29, 0.717) is 0 Å². The van der Waals surface area contributed by atoms with Crippen molar-refractivity contribution in [2.75, 3.05) is 19.6 Å². The molecule has 52 valence electrons. The Balaban J connectivity index is 0. The van der Waals surface area contributed by atoms with Gasteiger partial charge < -0.3 is 8.74 Å². The van der Waals surface area contributed by atoms with E-state index in [-0.39, 0.29) is 0 Å². The minimum atomic E-state index is -2.32. The predicted octanol–water partition coefficient (Wildman–Crippen LogP) is -0.512. The molecule has 0 spiro atoms. The topological polar surface area (TPSA) is 49.4 Å². The van der Waals surface area contributed by atoms with E-state index in [4.69, 9.17) is 8.76 Å². The van der Waals surface area contributed by atoms with Gasteiger partial charge >= 0.3 is 0 Å². The second kappa shape index (κ2) is 10.4. The molecule has 8 heavy (non-hydrogen) atoms. The minimum absolute atomic E-state index is 1.09. The average Bonchev–Trinajstić information content (AvgIpc) is 1.69. The summed E-state index contributed by atoms with van der Waals surface area (Å²) in [6.45, 7) is 0. The summed E-state index contributed by atoms with van der Waals surface area (Å²) in [7, 11) is 1.09. The van der Waals surface area contributed by atoms with Crippen LogP contribution in [0, 0.1) is 0 Å². The SMILES string of the molecule is COS(=O)[O-].C[SH+]C. The zero-order chi connectivity index (χ0) is 6.99. The molecule has 1 atom stereocenters. The molecule has 0 heterocycles. The summed E-state index contributed by atoms with van der Waals surface area (Å²) in [5, 5.41) is 0. The second-order valence-electron chi connectivity index (χ2n) is 0.818. The van der Waals surface area contributed by atoms with Gasteiger partial charge in [0.2, 0.25) is 0 Å². The van der Waals surface area contributed by atoms with Crippen LogP contribution in [0.25, 0.3) is 0 Å². The summed E-state index contributed by atoms with van der Waals surface area (Å²) in [6, 6.07) is 0. The van der Waals surface area contributed by atoms with E-state index in [1.807, 2.05) is 0 Å². The monoisotopic (exact) mass is 158 g/mol. The first-order valence-electron chi connectivity index (χ1n) is 1.80. The highest BCUT2D eigenvalue weighted by atomic mass is 32.2. The summed E-state index contributed by atoms with van der Waals surface area (Å²) in [5.74, 6) is 0. The Bertz CT molecular complexity index is 56.5. The van der Waals surface area contributed by atoms with Crippen molar-refractivity contribution in [3.63, 3.8) is 0 Å². The van der Waals surface area contributed by atoms with E-state index >= 15 is 0 Å². The number of thiol groups is 1. The third-order valence-corrected chi connectivity index (χ3v) is 0.408. The lowest BCUT2D eigenvalue weighted by Gasteiger charge is -1.94. The fourth-order valence-electron chi connectivity index (χ4n) is 0. The van der Waals surface area contributed by atoms with Gasteiger partial charge in [0.1, 0.15) is 0 Å². The molecule has 0 aliphatic rings. The number of hydrogen-bond acceptors (Lipinski definition) is 3. The molecule has 5 heteroatoms. The molecule has 0 aromatic heterocycles. The molecule has 0 amide bonds. The first-order valence-corrected chi connectivity index (χ1v) is 4.59. The van der Waals surface area contributed by atoms with Gasteiger partial charge in [-0.2, -0.15) is 0 Å². The average molecular weight is 158 g/mol. The molecular formula is C3H10O3S2. The van der Waals surface area contributed by atoms with Crippen LogP contribution in [0.4, 0.5) is 0 Å². The van der Waals surface area contributed by atoms with Crippen molar-refractivity contribution in [3.8, 4) is 0 Å². The van der Waals surface area contributed by atoms with Crippen molar-refractivity contribution < 1.29 is 12.9 Å². The molecule has 0 N–H and O–H groups in total. The van der Waals surface area contributed by atoms with Crippen LogP contribution in [-0.4, -0.2) is 28.4 Å². The van der Waals surface area contributed by atoms with Crippen LogP contribution < -0.4 is 0 Å². The normalized spacial score (nSPS) is 11.5. The quantitative estimate of drug-likeness (QED) is 0.293. The Morgan fingerprint density at radius 3 is 1.75 bits per heavy atom. The highest BCUT2D eigenvalue weighted by molar-refractivity contribution is 7.76. The minimum Gasteiger partial charge on any atom is -0.750 e. The van der Waals surface area contributed by atoms with E-state index in [1.54, 1.807) is 0 Å². The third kappa shape index (κ3) is 32.2. The number of rotatable bonds is 1. The summed E-state index contributed by atoms with van der Waals surface area (Å²) in [6.07, 6.45) is 4.19. The first kappa shape index (κ1) is 11.2. The van der Waals surface area contributed by atoms with E-state index in [0.717, 1.165) is 7.11 Å². The van der Waals surface area contributed by atoms with Crippen LogP contribution in [0.5, 0.6) is 0 Å². The van der Waals surface area contributed by atoms with Crippen molar-refractivity contribution in [1.29, 1.82) is 0 Å². The molecule has 1 unspecified atom stereocenters. The largest absolute Gasteiger partial charge is 0.750 e. The smallest absolute Gasteiger partial charge is 0.0949 e. The molecule has 0 fully saturated rings. The summed E-state index contributed by atoms with van der Waals surface area (Å²) >= 11 is -0.906. The van der Waals surface area contributed by atoms with Crippen molar-refractivity contribution >= 4 is 23.1 Å². The van der Waals surface area contributed by atoms with Gasteiger partial charge in [-0.05, 0) is 11.8 Å². The highest BCUT2D eigenvalue weighted by Gasteiger charge is 1.59. The van der Waals surface area contributed by atoms with Gasteiger partial charge in [0.25, 0.3) is 0 Å². The van der Waals surface area contributed by atoms with Crippen LogP contribution in [0.1, 0.15) is 0 Å². The van der Waals surface area contributed by atoms with Gasteiger partial charge in [0, 0.05) is 0 Å². The fraction of sp³-hybridized carbons (Fsp3) is 1.00.